The Morgan fingerprint density at radius 3 is 2.55 bits per heavy atom. The van der Waals surface area contributed by atoms with Crippen LogP contribution >= 0.6 is 0 Å². The van der Waals surface area contributed by atoms with Crippen molar-refractivity contribution in [2.75, 3.05) is 16.8 Å². The molecule has 1 aliphatic heterocycles. The highest BCUT2D eigenvalue weighted by molar-refractivity contribution is 6.10. The van der Waals surface area contributed by atoms with Gasteiger partial charge in [-0.2, -0.15) is 13.2 Å². The fraction of sp³-hybridized carbons (Fsp3) is 0.300. The van der Waals surface area contributed by atoms with Crippen molar-refractivity contribution in [2.24, 2.45) is 0 Å². The number of hydrogen-bond acceptors (Lipinski definition) is 6. The van der Waals surface area contributed by atoms with E-state index in [1.165, 1.54) is 32.3 Å². The molecule has 3 aromatic heterocycles. The number of fused-ring (bicyclic) bond motifs is 1. The fourth-order valence-corrected chi connectivity index (χ4v) is 3.64. The van der Waals surface area contributed by atoms with Crippen LogP contribution in [0.5, 0.6) is 0 Å². The highest BCUT2D eigenvalue weighted by atomic mass is 19.4. The van der Waals surface area contributed by atoms with Gasteiger partial charge in [0.05, 0.1) is 5.56 Å². The molecule has 4 rings (SSSR count). The summed E-state index contributed by atoms with van der Waals surface area (Å²) in [6.07, 6.45) is -7.45. The summed E-state index contributed by atoms with van der Waals surface area (Å²) in [4.78, 5) is 31.2. The number of aryl methyl sites for hydroxylation is 1. The van der Waals surface area contributed by atoms with Crippen molar-refractivity contribution >= 4 is 29.0 Å². The number of pyridine rings is 1. The summed E-state index contributed by atoms with van der Waals surface area (Å²) in [7, 11) is 1.25. The molecule has 0 spiro atoms. The average molecular weight is 467 g/mol. The molecule has 0 radical (unpaired) electrons. The second kappa shape index (κ2) is 7.78. The van der Waals surface area contributed by atoms with Crippen LogP contribution in [-0.4, -0.2) is 61.9 Å². The minimum Gasteiger partial charge on any atom is -0.387 e. The Morgan fingerprint density at radius 2 is 1.88 bits per heavy atom. The Bertz CT molecular complexity index is 1260. The van der Waals surface area contributed by atoms with E-state index >= 15 is 0 Å². The van der Waals surface area contributed by atoms with E-state index in [2.05, 4.69) is 10.1 Å². The van der Waals surface area contributed by atoms with Gasteiger partial charge in [0.1, 0.15) is 29.3 Å². The summed E-state index contributed by atoms with van der Waals surface area (Å²) in [5.41, 5.74) is -1.07. The predicted octanol–water partition coefficient (Wildman–Crippen LogP) is 1.30. The molecule has 13 heteroatoms. The summed E-state index contributed by atoms with van der Waals surface area (Å²) in [6.45, 7) is 1.27. The molecule has 2 amide bonds. The lowest BCUT2D eigenvalue weighted by molar-refractivity contribution is -0.137. The zero-order chi connectivity index (χ0) is 24.2. The van der Waals surface area contributed by atoms with Crippen molar-refractivity contribution in [3.8, 4) is 0 Å². The van der Waals surface area contributed by atoms with Gasteiger partial charge in [-0.15, -0.1) is 5.10 Å². The molecule has 0 saturated carbocycles. The molecule has 0 aliphatic carbocycles. The van der Waals surface area contributed by atoms with E-state index in [4.69, 9.17) is 0 Å². The maximum Gasteiger partial charge on any atom is 0.416 e. The minimum absolute atomic E-state index is 0.00253. The smallest absolute Gasteiger partial charge is 0.387 e. The highest BCUT2D eigenvalue weighted by Gasteiger charge is 2.53. The molecule has 2 N–H and O–H groups in total. The molecule has 0 bridgehead atoms. The molecular weight excluding hydrogens is 450 g/mol. The number of alkyl halides is 3. The van der Waals surface area contributed by atoms with Gasteiger partial charge < -0.3 is 10.2 Å². The minimum atomic E-state index is -4.76. The van der Waals surface area contributed by atoms with Crippen molar-refractivity contribution < 1.29 is 37.4 Å². The highest BCUT2D eigenvalue weighted by Crippen LogP contribution is 2.34. The van der Waals surface area contributed by atoms with Gasteiger partial charge >= 0.3 is 6.18 Å². The SMILES string of the molecule is Cc1cc(C(F)(F)F)cc(N2C(=O)C(O)C(O)C2C(=O)N(C)c2ccc3c(F)ccn3n2)n1. The number of aliphatic hydroxyl groups excluding tert-OH is 2. The molecule has 1 fully saturated rings. The average Bonchev–Trinajstić information content (AvgIpc) is 3.23. The number of aliphatic hydroxyl groups is 2. The number of nitrogens with zero attached hydrogens (tertiary/aromatic N) is 5. The second-order valence-corrected chi connectivity index (χ2v) is 7.52. The van der Waals surface area contributed by atoms with Gasteiger partial charge in [0.15, 0.2) is 11.9 Å². The van der Waals surface area contributed by atoms with E-state index in [1.807, 2.05) is 0 Å². The molecule has 0 aromatic carbocycles. The Kier molecular flexibility index (Phi) is 5.33. The van der Waals surface area contributed by atoms with Crippen LogP contribution in [0.1, 0.15) is 11.3 Å². The van der Waals surface area contributed by atoms with Gasteiger partial charge in [-0.05, 0) is 37.3 Å². The molecule has 3 aromatic rings. The first kappa shape index (κ1) is 22.6. The number of likely N-dealkylation sites (N-methyl/N-ethyl adjacent to an activating group) is 1. The van der Waals surface area contributed by atoms with Crippen molar-refractivity contribution in [3.63, 3.8) is 0 Å². The summed E-state index contributed by atoms with van der Waals surface area (Å²) >= 11 is 0. The lowest BCUT2D eigenvalue weighted by Crippen LogP contribution is -2.50. The van der Waals surface area contributed by atoms with Crippen LogP contribution in [0, 0.1) is 12.7 Å². The van der Waals surface area contributed by atoms with E-state index in [1.54, 1.807) is 0 Å². The number of rotatable bonds is 3. The first-order valence-electron chi connectivity index (χ1n) is 9.56. The van der Waals surface area contributed by atoms with Crippen molar-refractivity contribution in [1.29, 1.82) is 0 Å². The van der Waals surface area contributed by atoms with E-state index in [0.29, 0.717) is 11.0 Å². The molecule has 33 heavy (non-hydrogen) atoms. The van der Waals surface area contributed by atoms with Crippen LogP contribution in [0.4, 0.5) is 29.2 Å². The summed E-state index contributed by atoms with van der Waals surface area (Å²) < 4.78 is 54.7. The van der Waals surface area contributed by atoms with Gasteiger partial charge in [0, 0.05) is 18.9 Å². The van der Waals surface area contributed by atoms with Crippen LogP contribution in [0.25, 0.3) is 5.52 Å². The standard InChI is InChI=1S/C20H17F4N5O4/c1-9-7-10(20(22,23)24)8-14(25-9)29-15(16(30)17(31)19(29)33)18(32)27(2)13-4-3-12-11(21)5-6-28(12)26-13/h3-8,15-17,30-31H,1-2H3. The zero-order valence-electron chi connectivity index (χ0n) is 17.2. The zero-order valence-corrected chi connectivity index (χ0v) is 17.2. The largest absolute Gasteiger partial charge is 0.416 e. The number of halogens is 4. The molecule has 174 valence electrons. The molecule has 9 nitrogen and oxygen atoms in total. The predicted molar refractivity (Wildman–Crippen MR) is 106 cm³/mol. The Labute approximate surface area is 183 Å². The topological polar surface area (TPSA) is 111 Å². The Morgan fingerprint density at radius 1 is 1.18 bits per heavy atom. The van der Waals surface area contributed by atoms with Crippen LogP contribution in [-0.2, 0) is 15.8 Å². The molecular formula is C20H17F4N5O4. The quantitative estimate of drug-likeness (QED) is 0.562. The third-order valence-electron chi connectivity index (χ3n) is 5.31. The van der Waals surface area contributed by atoms with Crippen LogP contribution < -0.4 is 9.80 Å². The lowest BCUT2D eigenvalue weighted by atomic mass is 10.1. The number of aromatic nitrogens is 3. The van der Waals surface area contributed by atoms with E-state index < -0.39 is 53.4 Å². The maximum atomic E-state index is 13.7. The van der Waals surface area contributed by atoms with Gasteiger partial charge in [-0.25, -0.2) is 13.9 Å². The van der Waals surface area contributed by atoms with E-state index in [9.17, 15) is 37.4 Å². The van der Waals surface area contributed by atoms with Gasteiger partial charge in [0.2, 0.25) is 0 Å². The van der Waals surface area contributed by atoms with Gasteiger partial charge in [0.25, 0.3) is 11.8 Å². The van der Waals surface area contributed by atoms with Gasteiger partial charge in [-0.3, -0.25) is 19.4 Å². The Balaban J connectivity index is 1.74. The first-order chi connectivity index (χ1) is 15.4. The number of anilines is 2. The second-order valence-electron chi connectivity index (χ2n) is 7.52. The number of hydrogen-bond donors (Lipinski definition) is 2. The maximum absolute atomic E-state index is 13.7. The van der Waals surface area contributed by atoms with Crippen molar-refractivity contribution in [2.45, 2.75) is 31.3 Å². The first-order valence-corrected chi connectivity index (χ1v) is 9.56. The fourth-order valence-electron chi connectivity index (χ4n) is 3.64. The van der Waals surface area contributed by atoms with Crippen molar-refractivity contribution in [1.82, 2.24) is 14.6 Å². The summed E-state index contributed by atoms with van der Waals surface area (Å²) in [6, 6.07) is 3.35. The molecule has 1 aliphatic rings. The van der Waals surface area contributed by atoms with Gasteiger partial charge in [-0.1, -0.05) is 0 Å². The summed E-state index contributed by atoms with van der Waals surface area (Å²) in [5.74, 6) is -3.23. The Hall–Kier alpha value is -3.58. The third-order valence-corrected chi connectivity index (χ3v) is 5.31. The van der Waals surface area contributed by atoms with E-state index in [-0.39, 0.29) is 17.0 Å². The van der Waals surface area contributed by atoms with Crippen LogP contribution in [0.3, 0.4) is 0 Å². The lowest BCUT2D eigenvalue weighted by Gasteiger charge is -2.28. The molecule has 3 atom stereocenters. The van der Waals surface area contributed by atoms with E-state index in [0.717, 1.165) is 21.5 Å². The number of carbonyl (C=O) groups excluding carboxylic acids is 2. The normalized spacial score (nSPS) is 21.2. The molecule has 3 unspecified atom stereocenters. The third kappa shape index (κ3) is 3.78. The number of carbonyl (C=O) groups is 2. The summed E-state index contributed by atoms with van der Waals surface area (Å²) in [5, 5.41) is 24.6. The molecule has 1 saturated heterocycles. The monoisotopic (exact) mass is 467 g/mol. The number of amides is 2. The molecule has 4 heterocycles. The van der Waals surface area contributed by atoms with Crippen LogP contribution in [0.2, 0.25) is 0 Å². The van der Waals surface area contributed by atoms with Crippen molar-refractivity contribution in [3.05, 3.63) is 53.6 Å². The van der Waals surface area contributed by atoms with Crippen LogP contribution in [0.15, 0.2) is 36.5 Å².